The van der Waals surface area contributed by atoms with E-state index in [9.17, 15) is 0 Å². The van der Waals surface area contributed by atoms with E-state index in [4.69, 9.17) is 9.84 Å². The largest absolute Gasteiger partial charge is 0.494 e. The van der Waals surface area contributed by atoms with Crippen LogP contribution in [0.15, 0.2) is 30.3 Å². The normalized spacial score (nSPS) is 13.7. The number of ether oxygens (including phenoxy) is 1. The van der Waals surface area contributed by atoms with Crippen LogP contribution in [0.2, 0.25) is 0 Å². The maximum Gasteiger partial charge on any atom is 0.224 e. The standard InChI is InChI=1S/C17H22N4O2/c1-2-23-14-7-5-13(6-8-14)19-16-11-15(12-3-4-12)20-17(21-16)18-9-10-22/h5-8,11-12,22H,2-4,9-10H2,1H3,(H2,18,19,20,21). The van der Waals surface area contributed by atoms with Gasteiger partial charge in [-0.05, 0) is 44.0 Å². The van der Waals surface area contributed by atoms with Gasteiger partial charge in [-0.2, -0.15) is 4.98 Å². The number of nitrogens with zero attached hydrogens (tertiary/aromatic N) is 2. The predicted octanol–water partition coefficient (Wildman–Crippen LogP) is 2.90. The van der Waals surface area contributed by atoms with E-state index in [-0.39, 0.29) is 6.61 Å². The molecule has 3 N–H and O–H groups in total. The molecule has 1 aliphatic carbocycles. The molecule has 2 aromatic rings. The lowest BCUT2D eigenvalue weighted by molar-refractivity contribution is 0.311. The maximum absolute atomic E-state index is 8.95. The molecule has 6 nitrogen and oxygen atoms in total. The highest BCUT2D eigenvalue weighted by Gasteiger charge is 2.26. The van der Waals surface area contributed by atoms with Crippen molar-refractivity contribution in [2.45, 2.75) is 25.7 Å². The molecule has 23 heavy (non-hydrogen) atoms. The first kappa shape index (κ1) is 15.6. The number of aliphatic hydroxyl groups excluding tert-OH is 1. The Morgan fingerprint density at radius 3 is 2.65 bits per heavy atom. The van der Waals surface area contributed by atoms with Gasteiger partial charge in [0, 0.05) is 24.2 Å². The molecule has 0 bridgehead atoms. The highest BCUT2D eigenvalue weighted by atomic mass is 16.5. The van der Waals surface area contributed by atoms with Gasteiger partial charge in [0.2, 0.25) is 5.95 Å². The number of anilines is 3. The molecular formula is C17H22N4O2. The SMILES string of the molecule is CCOc1ccc(Nc2cc(C3CC3)nc(NCCO)n2)cc1. The Kier molecular flexibility index (Phi) is 4.92. The van der Waals surface area contributed by atoms with E-state index in [0.29, 0.717) is 25.0 Å². The second kappa shape index (κ2) is 7.28. The van der Waals surface area contributed by atoms with Crippen molar-refractivity contribution in [3.05, 3.63) is 36.0 Å². The predicted molar refractivity (Wildman–Crippen MR) is 90.5 cm³/mol. The lowest BCUT2D eigenvalue weighted by Crippen LogP contribution is -2.10. The lowest BCUT2D eigenvalue weighted by Gasteiger charge is -2.11. The third-order valence-electron chi connectivity index (χ3n) is 3.57. The van der Waals surface area contributed by atoms with Crippen molar-refractivity contribution >= 4 is 17.5 Å². The second-order valence-corrected chi connectivity index (χ2v) is 5.51. The van der Waals surface area contributed by atoms with Gasteiger partial charge in [-0.25, -0.2) is 4.98 Å². The average Bonchev–Trinajstić information content (AvgIpc) is 3.40. The summed E-state index contributed by atoms with van der Waals surface area (Å²) < 4.78 is 5.45. The molecule has 0 radical (unpaired) electrons. The van der Waals surface area contributed by atoms with Crippen LogP contribution in [0.5, 0.6) is 5.75 Å². The van der Waals surface area contributed by atoms with E-state index in [0.717, 1.165) is 22.9 Å². The van der Waals surface area contributed by atoms with Crippen LogP contribution in [0.3, 0.4) is 0 Å². The number of aliphatic hydroxyl groups is 1. The number of hydrogen-bond donors (Lipinski definition) is 3. The van der Waals surface area contributed by atoms with Crippen LogP contribution in [-0.4, -0.2) is 34.8 Å². The highest BCUT2D eigenvalue weighted by molar-refractivity contribution is 5.59. The molecule has 0 atom stereocenters. The van der Waals surface area contributed by atoms with E-state index in [1.54, 1.807) is 0 Å². The van der Waals surface area contributed by atoms with Gasteiger partial charge in [0.15, 0.2) is 0 Å². The Labute approximate surface area is 135 Å². The van der Waals surface area contributed by atoms with Crippen LogP contribution in [0.25, 0.3) is 0 Å². The van der Waals surface area contributed by atoms with Gasteiger partial charge in [0.25, 0.3) is 0 Å². The summed E-state index contributed by atoms with van der Waals surface area (Å²) in [6, 6.07) is 9.78. The summed E-state index contributed by atoms with van der Waals surface area (Å²) >= 11 is 0. The van der Waals surface area contributed by atoms with Crippen LogP contribution in [0.1, 0.15) is 31.4 Å². The first-order chi connectivity index (χ1) is 11.3. The van der Waals surface area contributed by atoms with Crippen molar-refractivity contribution in [1.29, 1.82) is 0 Å². The van der Waals surface area contributed by atoms with Crippen LogP contribution in [0, 0.1) is 0 Å². The maximum atomic E-state index is 8.95. The third kappa shape index (κ3) is 4.32. The monoisotopic (exact) mass is 314 g/mol. The fourth-order valence-electron chi connectivity index (χ4n) is 2.31. The average molecular weight is 314 g/mol. The van der Waals surface area contributed by atoms with Crippen LogP contribution < -0.4 is 15.4 Å². The van der Waals surface area contributed by atoms with E-state index in [1.165, 1.54) is 12.8 Å². The van der Waals surface area contributed by atoms with Gasteiger partial charge < -0.3 is 20.5 Å². The molecule has 3 rings (SSSR count). The number of hydrogen-bond acceptors (Lipinski definition) is 6. The Hall–Kier alpha value is -2.34. The number of nitrogens with one attached hydrogen (secondary N) is 2. The summed E-state index contributed by atoms with van der Waals surface area (Å²) in [6.07, 6.45) is 2.36. The van der Waals surface area contributed by atoms with Gasteiger partial charge in [-0.15, -0.1) is 0 Å². The first-order valence-corrected chi connectivity index (χ1v) is 8.02. The van der Waals surface area contributed by atoms with E-state index in [1.807, 2.05) is 37.3 Å². The van der Waals surface area contributed by atoms with Crippen LogP contribution in [-0.2, 0) is 0 Å². The van der Waals surface area contributed by atoms with E-state index >= 15 is 0 Å². The molecule has 6 heteroatoms. The van der Waals surface area contributed by atoms with Crippen molar-refractivity contribution in [2.75, 3.05) is 30.4 Å². The van der Waals surface area contributed by atoms with Crippen LogP contribution in [0.4, 0.5) is 17.5 Å². The smallest absolute Gasteiger partial charge is 0.224 e. The molecular weight excluding hydrogens is 292 g/mol. The summed E-state index contributed by atoms with van der Waals surface area (Å²) in [4.78, 5) is 8.98. The number of aromatic nitrogens is 2. The minimum absolute atomic E-state index is 0.0542. The molecule has 1 fully saturated rings. The highest BCUT2D eigenvalue weighted by Crippen LogP contribution is 2.40. The Morgan fingerprint density at radius 2 is 2.00 bits per heavy atom. The van der Waals surface area contributed by atoms with Crippen molar-refractivity contribution in [1.82, 2.24) is 9.97 Å². The Morgan fingerprint density at radius 1 is 1.22 bits per heavy atom. The number of rotatable bonds is 8. The van der Waals surface area contributed by atoms with Crippen LogP contribution >= 0.6 is 0 Å². The van der Waals surface area contributed by atoms with Gasteiger partial charge in [0.05, 0.1) is 18.9 Å². The molecule has 0 amide bonds. The molecule has 1 saturated carbocycles. The quantitative estimate of drug-likeness (QED) is 0.695. The Bertz CT molecular complexity index is 642. The van der Waals surface area contributed by atoms with Crippen molar-refractivity contribution in [2.24, 2.45) is 0 Å². The minimum Gasteiger partial charge on any atom is -0.494 e. The fourth-order valence-corrected chi connectivity index (χ4v) is 2.31. The van der Waals surface area contributed by atoms with Gasteiger partial charge in [-0.1, -0.05) is 0 Å². The zero-order valence-electron chi connectivity index (χ0n) is 13.2. The summed E-state index contributed by atoms with van der Waals surface area (Å²) in [5.74, 6) is 2.70. The summed E-state index contributed by atoms with van der Waals surface area (Å²) in [7, 11) is 0. The van der Waals surface area contributed by atoms with E-state index < -0.39 is 0 Å². The fraction of sp³-hybridized carbons (Fsp3) is 0.412. The summed E-state index contributed by atoms with van der Waals surface area (Å²) in [5.41, 5.74) is 2.00. The second-order valence-electron chi connectivity index (χ2n) is 5.51. The molecule has 0 spiro atoms. The molecule has 0 saturated heterocycles. The van der Waals surface area contributed by atoms with Crippen molar-refractivity contribution < 1.29 is 9.84 Å². The molecule has 1 heterocycles. The molecule has 0 aliphatic heterocycles. The first-order valence-electron chi connectivity index (χ1n) is 8.02. The number of benzene rings is 1. The molecule has 122 valence electrons. The topological polar surface area (TPSA) is 79.3 Å². The zero-order chi connectivity index (χ0) is 16.1. The minimum atomic E-state index is 0.0542. The molecule has 1 aromatic carbocycles. The third-order valence-corrected chi connectivity index (χ3v) is 3.57. The van der Waals surface area contributed by atoms with Gasteiger partial charge >= 0.3 is 0 Å². The van der Waals surface area contributed by atoms with Crippen molar-refractivity contribution in [3.63, 3.8) is 0 Å². The molecule has 1 aliphatic rings. The summed E-state index contributed by atoms with van der Waals surface area (Å²) in [5, 5.41) is 15.3. The van der Waals surface area contributed by atoms with Gasteiger partial charge in [-0.3, -0.25) is 0 Å². The summed E-state index contributed by atoms with van der Waals surface area (Å²) in [6.45, 7) is 3.12. The molecule has 0 unspecified atom stereocenters. The van der Waals surface area contributed by atoms with Crippen molar-refractivity contribution in [3.8, 4) is 5.75 Å². The Balaban J connectivity index is 1.76. The zero-order valence-corrected chi connectivity index (χ0v) is 13.2. The lowest BCUT2D eigenvalue weighted by atomic mass is 10.2. The van der Waals surface area contributed by atoms with Gasteiger partial charge in [0.1, 0.15) is 11.6 Å². The van der Waals surface area contributed by atoms with E-state index in [2.05, 4.69) is 20.6 Å². The molecule has 1 aromatic heterocycles.